The van der Waals surface area contributed by atoms with Crippen LogP contribution in [0.4, 0.5) is 0 Å². The van der Waals surface area contributed by atoms with Gasteiger partial charge in [0, 0.05) is 22.4 Å². The predicted molar refractivity (Wildman–Crippen MR) is 78.5 cm³/mol. The number of thiophene rings is 1. The van der Waals surface area contributed by atoms with Crippen LogP contribution in [0, 0.1) is 0 Å². The minimum Gasteiger partial charge on any atom is -0.302 e. The standard InChI is InChI=1S/C14H16BrNS/c1-16(8-7-14-6-3-9-17-14)11-12-4-2-5-13(15)10-12/h2-6,9-10H,7-8,11H2,1H3. The Hall–Kier alpha value is -0.640. The summed E-state index contributed by atoms with van der Waals surface area (Å²) in [6.45, 7) is 2.11. The fraction of sp³-hybridized carbons (Fsp3) is 0.286. The SMILES string of the molecule is CN(CCc1cccs1)Cc1cccc(Br)c1. The van der Waals surface area contributed by atoms with Gasteiger partial charge in [-0.15, -0.1) is 11.3 Å². The molecule has 2 rings (SSSR count). The molecule has 90 valence electrons. The van der Waals surface area contributed by atoms with Crippen molar-refractivity contribution in [3.05, 3.63) is 56.7 Å². The first-order chi connectivity index (χ1) is 8.24. The van der Waals surface area contributed by atoms with Crippen molar-refractivity contribution in [2.75, 3.05) is 13.6 Å². The molecule has 0 aliphatic heterocycles. The van der Waals surface area contributed by atoms with Crippen LogP contribution in [0.1, 0.15) is 10.4 Å². The molecular weight excluding hydrogens is 294 g/mol. The summed E-state index contributed by atoms with van der Waals surface area (Å²) in [7, 11) is 2.18. The van der Waals surface area contributed by atoms with E-state index in [4.69, 9.17) is 0 Å². The monoisotopic (exact) mass is 309 g/mol. The summed E-state index contributed by atoms with van der Waals surface area (Å²) in [5, 5.41) is 2.14. The van der Waals surface area contributed by atoms with Crippen LogP contribution in [0.25, 0.3) is 0 Å². The largest absolute Gasteiger partial charge is 0.302 e. The Labute approximate surface area is 115 Å². The highest BCUT2D eigenvalue weighted by atomic mass is 79.9. The van der Waals surface area contributed by atoms with E-state index >= 15 is 0 Å². The first kappa shape index (κ1) is 12.8. The van der Waals surface area contributed by atoms with E-state index < -0.39 is 0 Å². The first-order valence-electron chi connectivity index (χ1n) is 5.69. The van der Waals surface area contributed by atoms with Crippen molar-refractivity contribution in [3.8, 4) is 0 Å². The first-order valence-corrected chi connectivity index (χ1v) is 7.36. The topological polar surface area (TPSA) is 3.24 Å². The van der Waals surface area contributed by atoms with Crippen molar-refractivity contribution in [1.82, 2.24) is 4.90 Å². The maximum Gasteiger partial charge on any atom is 0.0231 e. The van der Waals surface area contributed by atoms with Gasteiger partial charge in [0.1, 0.15) is 0 Å². The van der Waals surface area contributed by atoms with Gasteiger partial charge in [-0.25, -0.2) is 0 Å². The summed E-state index contributed by atoms with van der Waals surface area (Å²) < 4.78 is 1.15. The summed E-state index contributed by atoms with van der Waals surface area (Å²) in [6.07, 6.45) is 1.14. The molecule has 1 aromatic carbocycles. The van der Waals surface area contributed by atoms with Crippen LogP contribution in [-0.4, -0.2) is 18.5 Å². The highest BCUT2D eigenvalue weighted by Crippen LogP contribution is 2.14. The fourth-order valence-corrected chi connectivity index (χ4v) is 2.93. The van der Waals surface area contributed by atoms with Gasteiger partial charge < -0.3 is 4.90 Å². The van der Waals surface area contributed by atoms with Gasteiger partial charge in [0.2, 0.25) is 0 Å². The van der Waals surface area contributed by atoms with E-state index in [0.29, 0.717) is 0 Å². The molecule has 0 aliphatic rings. The van der Waals surface area contributed by atoms with Gasteiger partial charge in [0.05, 0.1) is 0 Å². The molecule has 3 heteroatoms. The Morgan fingerprint density at radius 2 is 2.12 bits per heavy atom. The number of halogens is 1. The van der Waals surface area contributed by atoms with Gasteiger partial charge in [0.25, 0.3) is 0 Å². The predicted octanol–water partition coefficient (Wildman–Crippen LogP) is 4.19. The van der Waals surface area contributed by atoms with Crippen molar-refractivity contribution in [2.45, 2.75) is 13.0 Å². The lowest BCUT2D eigenvalue weighted by atomic mass is 10.2. The zero-order valence-electron chi connectivity index (χ0n) is 9.90. The van der Waals surface area contributed by atoms with Crippen molar-refractivity contribution >= 4 is 27.3 Å². The lowest BCUT2D eigenvalue weighted by Gasteiger charge is -2.16. The molecule has 0 atom stereocenters. The quantitative estimate of drug-likeness (QED) is 0.800. The van der Waals surface area contributed by atoms with Crippen molar-refractivity contribution in [1.29, 1.82) is 0 Å². The zero-order chi connectivity index (χ0) is 12.1. The fourth-order valence-electron chi connectivity index (χ4n) is 1.78. The van der Waals surface area contributed by atoms with Crippen LogP contribution >= 0.6 is 27.3 Å². The number of hydrogen-bond acceptors (Lipinski definition) is 2. The van der Waals surface area contributed by atoms with Crippen LogP contribution in [0.5, 0.6) is 0 Å². The van der Waals surface area contributed by atoms with Crippen LogP contribution in [-0.2, 0) is 13.0 Å². The third-order valence-electron chi connectivity index (χ3n) is 2.66. The van der Waals surface area contributed by atoms with Crippen LogP contribution in [0.15, 0.2) is 46.3 Å². The Kier molecular flexibility index (Phi) is 4.77. The number of benzene rings is 1. The number of hydrogen-bond donors (Lipinski definition) is 0. The molecule has 1 nitrogen and oxygen atoms in total. The molecule has 0 amide bonds. The Bertz CT molecular complexity index is 453. The summed E-state index contributed by atoms with van der Waals surface area (Å²) in [5.74, 6) is 0. The van der Waals surface area contributed by atoms with E-state index in [0.717, 1.165) is 24.0 Å². The molecule has 0 unspecified atom stereocenters. The smallest absolute Gasteiger partial charge is 0.0231 e. The van der Waals surface area contributed by atoms with Crippen LogP contribution in [0.2, 0.25) is 0 Å². The maximum atomic E-state index is 3.51. The molecule has 1 heterocycles. The van der Waals surface area contributed by atoms with E-state index in [1.807, 2.05) is 11.3 Å². The molecule has 0 N–H and O–H groups in total. The van der Waals surface area contributed by atoms with Crippen LogP contribution < -0.4 is 0 Å². The van der Waals surface area contributed by atoms with Crippen molar-refractivity contribution < 1.29 is 0 Å². The molecule has 0 bridgehead atoms. The molecule has 0 saturated carbocycles. The molecule has 0 radical (unpaired) electrons. The van der Waals surface area contributed by atoms with Gasteiger partial charge in [-0.1, -0.05) is 34.1 Å². The molecule has 0 saturated heterocycles. The van der Waals surface area contributed by atoms with Gasteiger partial charge in [-0.2, -0.15) is 0 Å². The third-order valence-corrected chi connectivity index (χ3v) is 4.09. The van der Waals surface area contributed by atoms with Crippen molar-refractivity contribution in [2.24, 2.45) is 0 Å². The van der Waals surface area contributed by atoms with E-state index in [-0.39, 0.29) is 0 Å². The van der Waals surface area contributed by atoms with E-state index in [2.05, 4.69) is 69.7 Å². The Balaban J connectivity index is 1.83. The lowest BCUT2D eigenvalue weighted by Crippen LogP contribution is -2.20. The second-order valence-electron chi connectivity index (χ2n) is 4.20. The van der Waals surface area contributed by atoms with Crippen LogP contribution in [0.3, 0.4) is 0 Å². The summed E-state index contributed by atoms with van der Waals surface area (Å²) in [6, 6.07) is 12.8. The molecule has 0 spiro atoms. The molecule has 0 fully saturated rings. The number of nitrogens with zero attached hydrogens (tertiary/aromatic N) is 1. The molecule has 1 aromatic heterocycles. The molecule has 0 aliphatic carbocycles. The molecule has 2 aromatic rings. The maximum absolute atomic E-state index is 3.51. The second-order valence-corrected chi connectivity index (χ2v) is 6.14. The molecule has 17 heavy (non-hydrogen) atoms. The highest BCUT2D eigenvalue weighted by Gasteiger charge is 2.02. The van der Waals surface area contributed by atoms with E-state index in [1.165, 1.54) is 10.4 Å². The Morgan fingerprint density at radius 3 is 2.82 bits per heavy atom. The van der Waals surface area contributed by atoms with Gasteiger partial charge in [0.15, 0.2) is 0 Å². The summed E-state index contributed by atoms with van der Waals surface area (Å²) in [5.41, 5.74) is 1.35. The minimum atomic E-state index is 1.00. The normalized spacial score (nSPS) is 11.0. The lowest BCUT2D eigenvalue weighted by molar-refractivity contribution is 0.332. The molecular formula is C14H16BrNS. The highest BCUT2D eigenvalue weighted by molar-refractivity contribution is 9.10. The summed E-state index contributed by atoms with van der Waals surface area (Å²) >= 11 is 5.35. The summed E-state index contributed by atoms with van der Waals surface area (Å²) in [4.78, 5) is 3.83. The van der Waals surface area contributed by atoms with Gasteiger partial charge in [-0.05, 0) is 42.6 Å². The number of likely N-dealkylation sites (N-methyl/N-ethyl adjacent to an activating group) is 1. The third kappa shape index (κ3) is 4.26. The average Bonchev–Trinajstić information content (AvgIpc) is 2.79. The number of rotatable bonds is 5. The van der Waals surface area contributed by atoms with Crippen molar-refractivity contribution in [3.63, 3.8) is 0 Å². The minimum absolute atomic E-state index is 1.00. The Morgan fingerprint density at radius 1 is 1.24 bits per heavy atom. The van der Waals surface area contributed by atoms with E-state index in [9.17, 15) is 0 Å². The van der Waals surface area contributed by atoms with E-state index in [1.54, 1.807) is 0 Å². The second kappa shape index (κ2) is 6.34. The van der Waals surface area contributed by atoms with Gasteiger partial charge >= 0.3 is 0 Å². The average molecular weight is 310 g/mol. The van der Waals surface area contributed by atoms with Gasteiger partial charge in [-0.3, -0.25) is 0 Å². The zero-order valence-corrected chi connectivity index (χ0v) is 12.3.